The third kappa shape index (κ3) is 3.28. The topological polar surface area (TPSA) is 103 Å². The summed E-state index contributed by atoms with van der Waals surface area (Å²) in [6.07, 6.45) is 1.12. The van der Waals surface area contributed by atoms with Gasteiger partial charge in [0.15, 0.2) is 5.65 Å². The van der Waals surface area contributed by atoms with Crippen LogP contribution in [0.4, 0.5) is 0 Å². The van der Waals surface area contributed by atoms with Crippen LogP contribution in [0.2, 0.25) is 0 Å². The number of aryl methyl sites for hydroxylation is 3. The summed E-state index contributed by atoms with van der Waals surface area (Å²) in [6, 6.07) is 6.09. The van der Waals surface area contributed by atoms with E-state index in [0.29, 0.717) is 31.6 Å². The van der Waals surface area contributed by atoms with Gasteiger partial charge in [0, 0.05) is 24.4 Å². The predicted molar refractivity (Wildman–Crippen MR) is 110 cm³/mol. The Morgan fingerprint density at radius 1 is 1.10 bits per heavy atom. The van der Waals surface area contributed by atoms with Crippen molar-refractivity contribution in [3.05, 3.63) is 45.4 Å². The Morgan fingerprint density at radius 3 is 2.45 bits per heavy atom. The summed E-state index contributed by atoms with van der Waals surface area (Å²) in [5.74, 6) is -0.674. The molecular formula is C21H25N5O3. The molecule has 152 valence electrons. The van der Waals surface area contributed by atoms with Crippen LogP contribution in [-0.4, -0.2) is 44.0 Å². The number of hydrogen-bond acceptors (Lipinski definition) is 4. The number of carbonyl (C=O) groups is 2. The maximum atomic E-state index is 13.1. The molecular weight excluding hydrogens is 370 g/mol. The monoisotopic (exact) mass is 395 g/mol. The molecule has 0 aliphatic carbocycles. The molecule has 8 heteroatoms. The lowest BCUT2D eigenvalue weighted by Crippen LogP contribution is -2.44. The van der Waals surface area contributed by atoms with Crippen LogP contribution in [0.1, 0.15) is 29.5 Å². The average Bonchev–Trinajstić information content (AvgIpc) is 3.00. The first-order valence-corrected chi connectivity index (χ1v) is 9.83. The highest BCUT2D eigenvalue weighted by Gasteiger charge is 2.26. The summed E-state index contributed by atoms with van der Waals surface area (Å²) in [5, 5.41) is 5.45. The van der Waals surface area contributed by atoms with Gasteiger partial charge in [-0.3, -0.25) is 9.59 Å². The van der Waals surface area contributed by atoms with E-state index >= 15 is 0 Å². The zero-order valence-electron chi connectivity index (χ0n) is 16.9. The number of nitrogens with two attached hydrogens (primary N) is 1. The SMILES string of the molecule is Cc1cc(C)c2cc(C)c3nn(CC(=O)N4CCC(C(N)=O)CC4)c(=O)n3c2c1. The summed E-state index contributed by atoms with van der Waals surface area (Å²) >= 11 is 0. The molecule has 2 N–H and O–H groups in total. The van der Waals surface area contributed by atoms with Crippen LogP contribution in [-0.2, 0) is 16.1 Å². The van der Waals surface area contributed by atoms with E-state index in [1.807, 2.05) is 32.9 Å². The van der Waals surface area contributed by atoms with Gasteiger partial charge in [0.1, 0.15) is 6.54 Å². The maximum Gasteiger partial charge on any atom is 0.351 e. The van der Waals surface area contributed by atoms with Crippen LogP contribution in [0.3, 0.4) is 0 Å². The number of rotatable bonds is 3. The number of primary amides is 1. The fraction of sp³-hybridized carbons (Fsp3) is 0.429. The first kappa shape index (κ1) is 19.2. The van der Waals surface area contributed by atoms with Crippen LogP contribution in [0.15, 0.2) is 23.0 Å². The number of hydrogen-bond donors (Lipinski definition) is 1. The highest BCUT2D eigenvalue weighted by atomic mass is 16.2. The molecule has 1 aliphatic rings. The van der Waals surface area contributed by atoms with Gasteiger partial charge in [0.2, 0.25) is 11.8 Å². The van der Waals surface area contributed by atoms with Crippen LogP contribution >= 0.6 is 0 Å². The van der Waals surface area contributed by atoms with Crippen molar-refractivity contribution in [1.82, 2.24) is 19.1 Å². The summed E-state index contributed by atoms with van der Waals surface area (Å²) in [7, 11) is 0. The van der Waals surface area contributed by atoms with E-state index in [4.69, 9.17) is 5.73 Å². The normalized spacial score (nSPS) is 15.3. The highest BCUT2D eigenvalue weighted by molar-refractivity contribution is 5.87. The molecule has 29 heavy (non-hydrogen) atoms. The van der Waals surface area contributed by atoms with Gasteiger partial charge < -0.3 is 10.6 Å². The molecule has 0 unspecified atom stereocenters. The zero-order chi connectivity index (χ0) is 20.9. The molecule has 2 amide bonds. The van der Waals surface area contributed by atoms with E-state index < -0.39 is 0 Å². The van der Waals surface area contributed by atoms with Crippen LogP contribution in [0.25, 0.3) is 16.6 Å². The van der Waals surface area contributed by atoms with Gasteiger partial charge in [0.25, 0.3) is 0 Å². The summed E-state index contributed by atoms with van der Waals surface area (Å²) in [5.41, 5.74) is 9.44. The molecule has 1 saturated heterocycles. The van der Waals surface area contributed by atoms with Crippen molar-refractivity contribution in [3.63, 3.8) is 0 Å². The quantitative estimate of drug-likeness (QED) is 0.722. The van der Waals surface area contributed by atoms with Crippen LogP contribution in [0, 0.1) is 26.7 Å². The van der Waals surface area contributed by atoms with Crippen molar-refractivity contribution in [2.75, 3.05) is 13.1 Å². The second-order valence-corrected chi connectivity index (χ2v) is 8.00. The smallest absolute Gasteiger partial charge is 0.351 e. The molecule has 1 fully saturated rings. The van der Waals surface area contributed by atoms with Gasteiger partial charge >= 0.3 is 5.69 Å². The highest BCUT2D eigenvalue weighted by Crippen LogP contribution is 2.23. The van der Waals surface area contributed by atoms with Crippen LogP contribution < -0.4 is 11.4 Å². The number of fused-ring (bicyclic) bond motifs is 3. The first-order valence-electron chi connectivity index (χ1n) is 9.83. The Hall–Kier alpha value is -3.16. The van der Waals surface area contributed by atoms with Gasteiger partial charge in [-0.1, -0.05) is 6.07 Å². The molecule has 0 spiro atoms. The maximum absolute atomic E-state index is 13.1. The second kappa shape index (κ2) is 7.02. The van der Waals surface area contributed by atoms with E-state index in [-0.39, 0.29) is 30.0 Å². The lowest BCUT2D eigenvalue weighted by atomic mass is 9.96. The van der Waals surface area contributed by atoms with Gasteiger partial charge in [-0.05, 0) is 62.4 Å². The van der Waals surface area contributed by atoms with Crippen LogP contribution in [0.5, 0.6) is 0 Å². The minimum absolute atomic E-state index is 0.118. The number of pyridine rings is 1. The molecule has 3 heterocycles. The lowest BCUT2D eigenvalue weighted by molar-refractivity contribution is -0.135. The third-order valence-corrected chi connectivity index (χ3v) is 5.84. The van der Waals surface area contributed by atoms with Crippen molar-refractivity contribution in [2.24, 2.45) is 11.7 Å². The molecule has 0 atom stereocenters. The van der Waals surface area contributed by atoms with Gasteiger partial charge in [-0.25, -0.2) is 13.9 Å². The molecule has 0 saturated carbocycles. The van der Waals surface area contributed by atoms with E-state index in [1.165, 1.54) is 4.68 Å². The molecule has 3 aromatic rings. The Labute approximate surface area is 167 Å². The van der Waals surface area contributed by atoms with E-state index in [0.717, 1.165) is 27.6 Å². The van der Waals surface area contributed by atoms with Gasteiger partial charge in [0.05, 0.1) is 5.52 Å². The standard InChI is InChI=1S/C21H25N5O3/c1-12-8-13(2)16-10-14(3)20-23-25(21(29)26(20)17(16)9-12)11-18(27)24-6-4-15(5-7-24)19(22)28/h8-10,15H,4-7,11H2,1-3H3,(H2,22,28). The lowest BCUT2D eigenvalue weighted by Gasteiger charge is -2.30. The number of aromatic nitrogens is 3. The minimum Gasteiger partial charge on any atom is -0.369 e. The number of piperidine rings is 1. The van der Waals surface area contributed by atoms with E-state index in [9.17, 15) is 14.4 Å². The fourth-order valence-corrected chi connectivity index (χ4v) is 4.23. The third-order valence-electron chi connectivity index (χ3n) is 5.84. The predicted octanol–water partition coefficient (Wildman–Crippen LogP) is 1.30. The van der Waals surface area contributed by atoms with Gasteiger partial charge in [-0.2, -0.15) is 0 Å². The van der Waals surface area contributed by atoms with E-state index in [1.54, 1.807) is 9.30 Å². The summed E-state index contributed by atoms with van der Waals surface area (Å²) in [6.45, 7) is 6.75. The summed E-state index contributed by atoms with van der Waals surface area (Å²) < 4.78 is 2.83. The Balaban J connectivity index is 1.69. The molecule has 0 radical (unpaired) electrons. The van der Waals surface area contributed by atoms with Crippen molar-refractivity contribution in [2.45, 2.75) is 40.2 Å². The molecule has 8 nitrogen and oxygen atoms in total. The number of nitrogens with zero attached hydrogens (tertiary/aromatic N) is 4. The van der Waals surface area contributed by atoms with Crippen molar-refractivity contribution in [3.8, 4) is 0 Å². The van der Waals surface area contributed by atoms with Crippen molar-refractivity contribution >= 4 is 28.4 Å². The number of amides is 2. The molecule has 0 bridgehead atoms. The average molecular weight is 395 g/mol. The fourth-order valence-electron chi connectivity index (χ4n) is 4.23. The Kier molecular flexibility index (Phi) is 4.64. The molecule has 4 rings (SSSR count). The number of likely N-dealkylation sites (tertiary alicyclic amines) is 1. The Bertz CT molecular complexity index is 1200. The molecule has 1 aromatic carbocycles. The largest absolute Gasteiger partial charge is 0.369 e. The first-order chi connectivity index (χ1) is 13.8. The van der Waals surface area contributed by atoms with Gasteiger partial charge in [-0.15, -0.1) is 5.10 Å². The minimum atomic E-state index is -0.320. The van der Waals surface area contributed by atoms with E-state index in [2.05, 4.69) is 11.2 Å². The van der Waals surface area contributed by atoms with Crippen molar-refractivity contribution in [1.29, 1.82) is 0 Å². The summed E-state index contributed by atoms with van der Waals surface area (Å²) in [4.78, 5) is 38.8. The molecule has 2 aromatic heterocycles. The number of benzene rings is 1. The zero-order valence-corrected chi connectivity index (χ0v) is 16.9. The second-order valence-electron chi connectivity index (χ2n) is 8.00. The number of carbonyl (C=O) groups excluding carboxylic acids is 2. The Morgan fingerprint density at radius 2 is 1.79 bits per heavy atom. The molecule has 1 aliphatic heterocycles. The van der Waals surface area contributed by atoms with Crippen molar-refractivity contribution < 1.29 is 9.59 Å².